The summed E-state index contributed by atoms with van der Waals surface area (Å²) in [5, 5.41) is 6.93. The number of halogens is 1. The fraction of sp³-hybridized carbons (Fsp3) is 0.323. The first-order valence-corrected chi connectivity index (χ1v) is 14.2. The van der Waals surface area contributed by atoms with E-state index >= 15 is 0 Å². The molecule has 2 N–H and O–H groups in total. The second-order valence-electron chi connectivity index (χ2n) is 9.12. The fourth-order valence-electron chi connectivity index (χ4n) is 3.85. The van der Waals surface area contributed by atoms with E-state index in [0.29, 0.717) is 47.7 Å². The molecule has 3 aromatic rings. The third-order valence-corrected chi connectivity index (χ3v) is 6.56. The number of anilines is 1. The molecule has 0 unspecified atom stereocenters. The Kier molecular flexibility index (Phi) is 13.0. The van der Waals surface area contributed by atoms with Gasteiger partial charge in [0.1, 0.15) is 0 Å². The van der Waals surface area contributed by atoms with Crippen molar-refractivity contribution in [1.29, 1.82) is 0 Å². The molecule has 0 aliphatic rings. The van der Waals surface area contributed by atoms with Crippen LogP contribution in [0.1, 0.15) is 51.3 Å². The van der Waals surface area contributed by atoms with Crippen molar-refractivity contribution < 1.29 is 19.1 Å². The molecule has 0 heterocycles. The van der Waals surface area contributed by atoms with Gasteiger partial charge < -0.3 is 14.8 Å². The summed E-state index contributed by atoms with van der Waals surface area (Å²) in [5.74, 6) is -0.745. The van der Waals surface area contributed by atoms with Gasteiger partial charge in [-0.05, 0) is 62.2 Å². The first kappa shape index (κ1) is 31.2. The lowest BCUT2D eigenvalue weighted by atomic mass is 10.1. The first-order valence-electron chi connectivity index (χ1n) is 13.4. The fourth-order valence-corrected chi connectivity index (χ4v) is 4.21. The zero-order valence-corrected chi connectivity index (χ0v) is 24.9. The van der Waals surface area contributed by atoms with Gasteiger partial charge in [-0.25, -0.2) is 5.43 Å². The van der Waals surface area contributed by atoms with E-state index in [9.17, 15) is 9.59 Å². The van der Waals surface area contributed by atoms with Crippen molar-refractivity contribution in [2.24, 2.45) is 5.10 Å². The molecule has 0 atom stereocenters. The van der Waals surface area contributed by atoms with E-state index in [1.165, 1.54) is 0 Å². The molecule has 3 rings (SSSR count). The third kappa shape index (κ3) is 10.3. The van der Waals surface area contributed by atoms with Gasteiger partial charge in [0.2, 0.25) is 0 Å². The molecule has 0 aromatic heterocycles. The highest BCUT2D eigenvalue weighted by atomic mass is 79.9. The van der Waals surface area contributed by atoms with Crippen LogP contribution in [0.25, 0.3) is 0 Å². The molecular formula is C31H37BrN4O4. The maximum Gasteiger partial charge on any atom is 0.273 e. The molecule has 0 aliphatic heterocycles. The number of rotatable bonds is 15. The van der Waals surface area contributed by atoms with Crippen molar-refractivity contribution >= 4 is 39.6 Å². The number of ether oxygens (including phenoxy) is 2. The lowest BCUT2D eigenvalue weighted by Crippen LogP contribution is -2.30. The summed E-state index contributed by atoms with van der Waals surface area (Å²) in [5.41, 5.74) is 6.80. The van der Waals surface area contributed by atoms with Crippen LogP contribution >= 0.6 is 15.9 Å². The van der Waals surface area contributed by atoms with Crippen molar-refractivity contribution in [3.63, 3.8) is 0 Å². The Bertz CT molecular complexity index is 1250. The van der Waals surface area contributed by atoms with Gasteiger partial charge in [0, 0.05) is 42.9 Å². The van der Waals surface area contributed by atoms with Crippen LogP contribution in [0.3, 0.4) is 0 Å². The molecule has 0 spiro atoms. The van der Waals surface area contributed by atoms with Gasteiger partial charge in [-0.1, -0.05) is 57.9 Å². The molecule has 40 heavy (non-hydrogen) atoms. The number of carbonyl (C=O) groups excluding carboxylic acids is 2. The Morgan fingerprint density at radius 2 is 1.55 bits per heavy atom. The lowest BCUT2D eigenvalue weighted by Gasteiger charge is -2.22. The van der Waals surface area contributed by atoms with Crippen LogP contribution in [0.15, 0.2) is 76.3 Å². The molecular weight excluding hydrogens is 572 g/mol. The topological polar surface area (TPSA) is 92.3 Å². The Labute approximate surface area is 244 Å². The first-order chi connectivity index (χ1) is 19.4. The van der Waals surface area contributed by atoms with Crippen LogP contribution < -0.4 is 10.7 Å². The maximum absolute atomic E-state index is 13.1. The largest absolute Gasteiger partial charge is 0.380 e. The van der Waals surface area contributed by atoms with Crippen molar-refractivity contribution in [2.75, 3.05) is 44.8 Å². The smallest absolute Gasteiger partial charge is 0.273 e. The van der Waals surface area contributed by atoms with E-state index in [-0.39, 0.29) is 5.91 Å². The number of hydrogen-bond donors (Lipinski definition) is 2. The summed E-state index contributed by atoms with van der Waals surface area (Å²) in [4.78, 5) is 28.2. The van der Waals surface area contributed by atoms with Crippen LogP contribution in [0.4, 0.5) is 5.69 Å². The number of benzene rings is 3. The zero-order valence-electron chi connectivity index (χ0n) is 23.3. The number of amides is 2. The monoisotopic (exact) mass is 608 g/mol. The Morgan fingerprint density at radius 3 is 2.17 bits per heavy atom. The van der Waals surface area contributed by atoms with E-state index in [0.717, 1.165) is 36.3 Å². The van der Waals surface area contributed by atoms with Crippen LogP contribution in [-0.4, -0.2) is 62.4 Å². The highest BCUT2D eigenvalue weighted by Gasteiger charge is 2.15. The molecule has 3 aromatic carbocycles. The molecule has 8 nitrogen and oxygen atoms in total. The Balaban J connectivity index is 1.64. The van der Waals surface area contributed by atoms with Gasteiger partial charge in [-0.2, -0.15) is 5.10 Å². The number of hydrazone groups is 1. The molecule has 2 amide bonds. The van der Waals surface area contributed by atoms with Crippen LogP contribution in [0.5, 0.6) is 0 Å². The number of aryl methyl sites for hydroxylation is 1. The maximum atomic E-state index is 13.1. The Morgan fingerprint density at radius 1 is 0.900 bits per heavy atom. The Hall–Kier alpha value is -3.37. The minimum atomic E-state index is -0.436. The molecule has 0 aliphatic carbocycles. The summed E-state index contributed by atoms with van der Waals surface area (Å²) in [7, 11) is 0. The molecule has 9 heteroatoms. The summed E-state index contributed by atoms with van der Waals surface area (Å²) in [6.07, 6.45) is 1.57. The average Bonchev–Trinajstić information content (AvgIpc) is 2.95. The van der Waals surface area contributed by atoms with E-state index in [1.807, 2.05) is 57.2 Å². The van der Waals surface area contributed by atoms with Crippen LogP contribution in [-0.2, 0) is 16.0 Å². The van der Waals surface area contributed by atoms with Gasteiger partial charge in [0.05, 0.1) is 30.7 Å². The zero-order chi connectivity index (χ0) is 28.7. The highest BCUT2D eigenvalue weighted by molar-refractivity contribution is 9.10. The van der Waals surface area contributed by atoms with Crippen molar-refractivity contribution in [3.05, 3.63) is 99.0 Å². The molecule has 0 fully saturated rings. The van der Waals surface area contributed by atoms with Gasteiger partial charge in [0.25, 0.3) is 11.8 Å². The van der Waals surface area contributed by atoms with Crippen molar-refractivity contribution in [2.45, 2.75) is 27.3 Å². The number of hydrogen-bond acceptors (Lipinski definition) is 6. The minimum absolute atomic E-state index is 0.291. The second-order valence-corrected chi connectivity index (χ2v) is 10.0. The number of nitrogens with one attached hydrogen (secondary N) is 2. The predicted octanol–water partition coefficient (Wildman–Crippen LogP) is 5.65. The van der Waals surface area contributed by atoms with Crippen molar-refractivity contribution in [3.8, 4) is 0 Å². The third-order valence-electron chi connectivity index (χ3n) is 6.07. The summed E-state index contributed by atoms with van der Waals surface area (Å²) >= 11 is 3.40. The predicted molar refractivity (Wildman–Crippen MR) is 163 cm³/mol. The van der Waals surface area contributed by atoms with Gasteiger partial charge in [-0.15, -0.1) is 0 Å². The number of carbonyl (C=O) groups is 2. The number of nitrogens with zero attached hydrogens (tertiary/aromatic N) is 2. The molecule has 0 radical (unpaired) electrons. The van der Waals surface area contributed by atoms with Crippen LogP contribution in [0, 0.1) is 6.92 Å². The lowest BCUT2D eigenvalue weighted by molar-refractivity contribution is 0.0798. The summed E-state index contributed by atoms with van der Waals surface area (Å²) in [6.45, 7) is 11.0. The molecule has 0 saturated heterocycles. The van der Waals surface area contributed by atoms with Gasteiger partial charge in [0.15, 0.2) is 0 Å². The molecule has 212 valence electrons. The summed E-state index contributed by atoms with van der Waals surface area (Å²) < 4.78 is 11.7. The highest BCUT2D eigenvalue weighted by Crippen LogP contribution is 2.22. The second kappa shape index (κ2) is 16.7. The average molecular weight is 610 g/mol. The quantitative estimate of drug-likeness (QED) is 0.132. The normalized spacial score (nSPS) is 11.2. The van der Waals surface area contributed by atoms with E-state index in [4.69, 9.17) is 9.47 Å². The van der Waals surface area contributed by atoms with Gasteiger partial charge in [-0.3, -0.25) is 14.5 Å². The van der Waals surface area contributed by atoms with Crippen molar-refractivity contribution in [1.82, 2.24) is 10.3 Å². The minimum Gasteiger partial charge on any atom is -0.380 e. The summed E-state index contributed by atoms with van der Waals surface area (Å²) in [6, 6.07) is 20.3. The SMILES string of the molecule is CCOCCN(CCOCC)Cc1ccc(C(=O)Nc2ccc(Br)cc2C(=O)NN=Cc2ccc(C)cc2)cc1. The van der Waals surface area contributed by atoms with Crippen LogP contribution in [0.2, 0.25) is 0 Å². The van der Waals surface area contributed by atoms with E-state index in [2.05, 4.69) is 36.7 Å². The molecule has 0 saturated carbocycles. The standard InChI is InChI=1S/C31H37BrN4O4/c1-4-39-18-16-36(17-19-40-5-2)22-25-10-12-26(13-11-25)30(37)34-29-15-14-27(32)20-28(29)31(38)35-33-21-24-8-6-23(3)7-9-24/h6-15,20-21H,4-5,16-19,22H2,1-3H3,(H,34,37)(H,35,38). The molecule has 0 bridgehead atoms. The van der Waals surface area contributed by atoms with E-state index < -0.39 is 5.91 Å². The van der Waals surface area contributed by atoms with E-state index in [1.54, 1.807) is 36.5 Å². The van der Waals surface area contributed by atoms with Gasteiger partial charge >= 0.3 is 0 Å².